The van der Waals surface area contributed by atoms with Gasteiger partial charge in [-0.2, -0.15) is 4.98 Å². The van der Waals surface area contributed by atoms with Crippen molar-refractivity contribution in [1.29, 1.82) is 0 Å². The molecule has 3 aromatic rings. The third kappa shape index (κ3) is 3.68. The molecule has 0 aliphatic rings. The molecule has 0 amide bonds. The Bertz CT molecular complexity index is 1100. The van der Waals surface area contributed by atoms with E-state index in [0.29, 0.717) is 17.4 Å². The summed E-state index contributed by atoms with van der Waals surface area (Å²) in [6.07, 6.45) is 0.319. The molecule has 10 heteroatoms. The molecule has 0 aliphatic carbocycles. The van der Waals surface area contributed by atoms with Crippen molar-refractivity contribution < 1.29 is 10.2 Å². The predicted molar refractivity (Wildman–Crippen MR) is 107 cm³/mol. The van der Waals surface area contributed by atoms with Gasteiger partial charge in [-0.15, -0.1) is 0 Å². The van der Waals surface area contributed by atoms with Gasteiger partial charge in [0.05, 0.1) is 19.2 Å². The van der Waals surface area contributed by atoms with Crippen LogP contribution in [0.3, 0.4) is 0 Å². The van der Waals surface area contributed by atoms with Gasteiger partial charge in [-0.25, -0.2) is 4.79 Å². The van der Waals surface area contributed by atoms with Crippen LogP contribution in [-0.2, 0) is 20.6 Å². The lowest BCUT2D eigenvalue weighted by molar-refractivity contribution is 0.228. The Morgan fingerprint density at radius 2 is 1.82 bits per heavy atom. The highest BCUT2D eigenvalue weighted by atomic mass is 35.5. The van der Waals surface area contributed by atoms with Crippen LogP contribution in [0.5, 0.6) is 0 Å². The van der Waals surface area contributed by atoms with Crippen molar-refractivity contribution in [3.8, 4) is 0 Å². The van der Waals surface area contributed by atoms with Gasteiger partial charge in [-0.05, 0) is 24.1 Å². The molecule has 28 heavy (non-hydrogen) atoms. The molecule has 0 unspecified atom stereocenters. The summed E-state index contributed by atoms with van der Waals surface area (Å²) in [5.74, 6) is 0.332. The SMILES string of the molecule is Cn1c(N[C@H](CO)CCO)nc2c1c(=O)n(Cc1ccc(Cl)cc1)c(=O)n2C. The van der Waals surface area contributed by atoms with E-state index in [-0.39, 0.29) is 30.9 Å². The molecule has 0 fully saturated rings. The lowest BCUT2D eigenvalue weighted by Gasteiger charge is -2.15. The van der Waals surface area contributed by atoms with Gasteiger partial charge in [0, 0.05) is 25.7 Å². The van der Waals surface area contributed by atoms with Crippen LogP contribution in [0.2, 0.25) is 5.02 Å². The number of benzene rings is 1. The van der Waals surface area contributed by atoms with E-state index in [1.165, 1.54) is 4.57 Å². The molecule has 150 valence electrons. The molecule has 0 spiro atoms. The first-order chi connectivity index (χ1) is 13.4. The summed E-state index contributed by atoms with van der Waals surface area (Å²) in [6.45, 7) is -0.200. The number of halogens is 1. The topological polar surface area (TPSA) is 114 Å². The highest BCUT2D eigenvalue weighted by Gasteiger charge is 2.20. The molecule has 0 saturated heterocycles. The number of aryl methyl sites for hydroxylation is 2. The van der Waals surface area contributed by atoms with Gasteiger partial charge in [0.1, 0.15) is 0 Å². The number of nitrogens with zero attached hydrogens (tertiary/aromatic N) is 4. The summed E-state index contributed by atoms with van der Waals surface area (Å²) < 4.78 is 4.02. The number of rotatable bonds is 7. The minimum Gasteiger partial charge on any atom is -0.396 e. The first-order valence-electron chi connectivity index (χ1n) is 8.76. The average Bonchev–Trinajstić information content (AvgIpc) is 3.01. The number of aliphatic hydroxyl groups is 2. The van der Waals surface area contributed by atoms with Crippen LogP contribution in [-0.4, -0.2) is 48.2 Å². The van der Waals surface area contributed by atoms with Crippen molar-refractivity contribution in [1.82, 2.24) is 18.7 Å². The number of hydrogen-bond donors (Lipinski definition) is 3. The van der Waals surface area contributed by atoms with Crippen molar-refractivity contribution in [3.63, 3.8) is 0 Å². The van der Waals surface area contributed by atoms with Crippen LogP contribution in [0.15, 0.2) is 33.9 Å². The lowest BCUT2D eigenvalue weighted by atomic mass is 10.2. The predicted octanol–water partition coefficient (Wildman–Crippen LogP) is 0.291. The van der Waals surface area contributed by atoms with Crippen molar-refractivity contribution in [2.24, 2.45) is 14.1 Å². The Hall–Kier alpha value is -2.62. The number of imidazole rings is 1. The summed E-state index contributed by atoms with van der Waals surface area (Å²) in [5.41, 5.74) is 0.337. The van der Waals surface area contributed by atoms with E-state index in [9.17, 15) is 14.7 Å². The highest BCUT2D eigenvalue weighted by molar-refractivity contribution is 6.30. The molecular weight excluding hydrogens is 386 g/mol. The highest BCUT2D eigenvalue weighted by Crippen LogP contribution is 2.15. The second kappa shape index (κ2) is 8.17. The maximum Gasteiger partial charge on any atom is 0.332 e. The molecule has 9 nitrogen and oxygen atoms in total. The molecule has 3 N–H and O–H groups in total. The Kier molecular flexibility index (Phi) is 5.87. The average molecular weight is 408 g/mol. The van der Waals surface area contributed by atoms with Gasteiger partial charge >= 0.3 is 5.69 Å². The molecule has 3 rings (SSSR count). The number of nitrogens with one attached hydrogen (secondary N) is 1. The van der Waals surface area contributed by atoms with Crippen LogP contribution in [0.25, 0.3) is 11.2 Å². The zero-order chi connectivity index (χ0) is 20.4. The normalized spacial score (nSPS) is 12.5. The van der Waals surface area contributed by atoms with E-state index in [2.05, 4.69) is 10.3 Å². The van der Waals surface area contributed by atoms with E-state index >= 15 is 0 Å². The molecule has 2 aromatic heterocycles. The van der Waals surface area contributed by atoms with Crippen LogP contribution < -0.4 is 16.6 Å². The van der Waals surface area contributed by atoms with E-state index in [0.717, 1.165) is 10.1 Å². The van der Waals surface area contributed by atoms with Gasteiger partial charge < -0.3 is 20.1 Å². The van der Waals surface area contributed by atoms with Gasteiger partial charge in [0.25, 0.3) is 5.56 Å². The summed E-state index contributed by atoms with van der Waals surface area (Å²) in [6, 6.07) is 6.50. The number of aliphatic hydroxyl groups excluding tert-OH is 2. The quantitative estimate of drug-likeness (QED) is 0.518. The maximum absolute atomic E-state index is 13.0. The van der Waals surface area contributed by atoms with E-state index in [1.54, 1.807) is 42.9 Å². The minimum atomic E-state index is -0.480. The molecule has 0 bridgehead atoms. The largest absolute Gasteiger partial charge is 0.396 e. The summed E-state index contributed by atoms with van der Waals surface area (Å²) >= 11 is 5.89. The van der Waals surface area contributed by atoms with Gasteiger partial charge in [0.2, 0.25) is 5.95 Å². The fourth-order valence-corrected chi connectivity index (χ4v) is 3.16. The van der Waals surface area contributed by atoms with Gasteiger partial charge in [0.15, 0.2) is 11.2 Å². The molecular formula is C18H22ClN5O4. The van der Waals surface area contributed by atoms with Crippen molar-refractivity contribution in [3.05, 3.63) is 55.7 Å². The summed E-state index contributed by atoms with van der Waals surface area (Å²) in [5, 5.41) is 22.1. The number of fused-ring (bicyclic) bond motifs is 1. The van der Waals surface area contributed by atoms with E-state index in [1.807, 2.05) is 0 Å². The van der Waals surface area contributed by atoms with Crippen molar-refractivity contribution in [2.75, 3.05) is 18.5 Å². The third-order valence-corrected chi connectivity index (χ3v) is 4.90. The second-order valence-electron chi connectivity index (χ2n) is 6.56. The smallest absolute Gasteiger partial charge is 0.332 e. The monoisotopic (exact) mass is 407 g/mol. The molecule has 0 saturated carbocycles. The Morgan fingerprint density at radius 3 is 2.43 bits per heavy atom. The minimum absolute atomic E-state index is 0.103. The first kappa shape index (κ1) is 20.1. The number of hydrogen-bond acceptors (Lipinski definition) is 6. The van der Waals surface area contributed by atoms with Gasteiger partial charge in [-0.1, -0.05) is 23.7 Å². The third-order valence-electron chi connectivity index (χ3n) is 4.65. The number of aromatic nitrogens is 4. The Labute approximate surface area is 165 Å². The zero-order valence-electron chi connectivity index (χ0n) is 15.6. The van der Waals surface area contributed by atoms with Crippen molar-refractivity contribution >= 4 is 28.7 Å². The van der Waals surface area contributed by atoms with E-state index in [4.69, 9.17) is 16.7 Å². The molecule has 1 atom stereocenters. The Balaban J connectivity index is 2.10. The van der Waals surface area contributed by atoms with Crippen LogP contribution in [0.1, 0.15) is 12.0 Å². The maximum atomic E-state index is 13.0. The fraction of sp³-hybridized carbons (Fsp3) is 0.389. The Morgan fingerprint density at radius 1 is 1.14 bits per heavy atom. The number of anilines is 1. The molecule has 0 radical (unpaired) electrons. The summed E-state index contributed by atoms with van der Waals surface area (Å²) in [7, 11) is 3.21. The lowest BCUT2D eigenvalue weighted by Crippen LogP contribution is -2.39. The van der Waals surface area contributed by atoms with Crippen LogP contribution >= 0.6 is 11.6 Å². The standard InChI is InChI=1S/C18H22ClN5O4/c1-22-14-15(21-17(22)20-13(10-26)7-8-25)23(2)18(28)24(16(14)27)9-11-3-5-12(19)6-4-11/h3-6,13,25-26H,7-10H2,1-2H3,(H,20,21)/t13-/m0/s1. The van der Waals surface area contributed by atoms with Crippen LogP contribution in [0.4, 0.5) is 5.95 Å². The molecule has 1 aromatic carbocycles. The fourth-order valence-electron chi connectivity index (χ4n) is 3.03. The first-order valence-corrected chi connectivity index (χ1v) is 9.14. The second-order valence-corrected chi connectivity index (χ2v) is 7.00. The molecule has 2 heterocycles. The summed E-state index contributed by atoms with van der Waals surface area (Å²) in [4.78, 5) is 30.1. The zero-order valence-corrected chi connectivity index (χ0v) is 16.3. The van der Waals surface area contributed by atoms with Gasteiger partial charge in [-0.3, -0.25) is 13.9 Å². The van der Waals surface area contributed by atoms with Crippen LogP contribution in [0, 0.1) is 0 Å². The molecule has 0 aliphatic heterocycles. The van der Waals surface area contributed by atoms with E-state index < -0.39 is 17.3 Å². The van der Waals surface area contributed by atoms with Crippen molar-refractivity contribution in [2.45, 2.75) is 19.0 Å².